The van der Waals surface area contributed by atoms with Crippen molar-refractivity contribution in [2.24, 2.45) is 0 Å². The molecule has 2 rings (SSSR count). The predicted octanol–water partition coefficient (Wildman–Crippen LogP) is 1.00. The van der Waals surface area contributed by atoms with Crippen LogP contribution >= 0.6 is 11.3 Å². The lowest BCUT2D eigenvalue weighted by atomic mass is 10.3. The van der Waals surface area contributed by atoms with Crippen LogP contribution in [-0.2, 0) is 6.42 Å². The minimum Gasteiger partial charge on any atom is -0.464 e. The maximum Gasteiger partial charge on any atom is 0.201 e. The molecule has 0 radical (unpaired) electrons. The first kappa shape index (κ1) is 5.26. The van der Waals surface area contributed by atoms with E-state index < -0.39 is 6.29 Å². The molecule has 0 saturated heterocycles. The Kier molecular flexibility index (Phi) is 1.00. The first-order chi connectivity index (χ1) is 4.36. The van der Waals surface area contributed by atoms with Crippen molar-refractivity contribution in [2.45, 2.75) is 12.7 Å². The van der Waals surface area contributed by atoms with Gasteiger partial charge in [-0.15, -0.1) is 11.3 Å². The van der Waals surface area contributed by atoms with Crippen molar-refractivity contribution in [2.75, 3.05) is 0 Å². The highest BCUT2D eigenvalue weighted by Gasteiger charge is 2.20. The molecule has 0 aromatic carbocycles. The molecule has 2 nitrogen and oxygen atoms in total. The van der Waals surface area contributed by atoms with Crippen LogP contribution < -0.4 is 4.74 Å². The maximum absolute atomic E-state index is 8.92. The van der Waals surface area contributed by atoms with E-state index in [0.29, 0.717) is 6.42 Å². The van der Waals surface area contributed by atoms with Gasteiger partial charge < -0.3 is 9.84 Å². The molecule has 0 bridgehead atoms. The van der Waals surface area contributed by atoms with Gasteiger partial charge in [-0.1, -0.05) is 0 Å². The summed E-state index contributed by atoms with van der Waals surface area (Å²) in [6, 6.07) is 0. The third-order valence-corrected chi connectivity index (χ3v) is 2.13. The van der Waals surface area contributed by atoms with Crippen molar-refractivity contribution in [1.29, 1.82) is 0 Å². The molecule has 9 heavy (non-hydrogen) atoms. The maximum atomic E-state index is 8.92. The van der Waals surface area contributed by atoms with Gasteiger partial charge in [-0.05, 0) is 5.38 Å². The van der Waals surface area contributed by atoms with E-state index in [1.54, 1.807) is 11.3 Å². The van der Waals surface area contributed by atoms with Crippen LogP contribution in [0.25, 0.3) is 0 Å². The standard InChI is InChI=1S/C6H6O2S/c7-6-1-4-2-9-3-5(4)8-6/h2-3,6-7H,1H2. The van der Waals surface area contributed by atoms with E-state index in [-0.39, 0.29) is 0 Å². The molecule has 1 N–H and O–H groups in total. The Labute approximate surface area is 56.7 Å². The van der Waals surface area contributed by atoms with Crippen molar-refractivity contribution in [3.8, 4) is 5.75 Å². The molecule has 1 atom stereocenters. The minimum absolute atomic E-state index is 0.594. The largest absolute Gasteiger partial charge is 0.464 e. The highest BCUT2D eigenvalue weighted by atomic mass is 32.1. The Hall–Kier alpha value is -0.540. The molecule has 0 spiro atoms. The van der Waals surface area contributed by atoms with Gasteiger partial charge in [-0.25, -0.2) is 0 Å². The molecule has 0 saturated carbocycles. The quantitative estimate of drug-likeness (QED) is 0.585. The molecule has 1 unspecified atom stereocenters. The molecule has 2 heterocycles. The van der Waals surface area contributed by atoms with Gasteiger partial charge in [0.2, 0.25) is 6.29 Å². The predicted molar refractivity (Wildman–Crippen MR) is 34.7 cm³/mol. The van der Waals surface area contributed by atoms with E-state index >= 15 is 0 Å². The summed E-state index contributed by atoms with van der Waals surface area (Å²) in [5, 5.41) is 12.8. The highest BCUT2D eigenvalue weighted by Crippen LogP contribution is 2.30. The zero-order valence-corrected chi connectivity index (χ0v) is 5.52. The molecule has 3 heteroatoms. The van der Waals surface area contributed by atoms with E-state index in [1.807, 2.05) is 10.8 Å². The second kappa shape index (κ2) is 1.72. The van der Waals surface area contributed by atoms with Crippen LogP contribution in [0.1, 0.15) is 5.56 Å². The van der Waals surface area contributed by atoms with Crippen LogP contribution in [0.4, 0.5) is 0 Å². The van der Waals surface area contributed by atoms with Gasteiger partial charge >= 0.3 is 0 Å². The van der Waals surface area contributed by atoms with Crippen LogP contribution in [0.3, 0.4) is 0 Å². The van der Waals surface area contributed by atoms with Crippen molar-refractivity contribution in [1.82, 2.24) is 0 Å². The Morgan fingerprint density at radius 3 is 3.33 bits per heavy atom. The lowest BCUT2D eigenvalue weighted by Crippen LogP contribution is -2.10. The summed E-state index contributed by atoms with van der Waals surface area (Å²) >= 11 is 1.61. The Morgan fingerprint density at radius 1 is 1.67 bits per heavy atom. The second-order valence-electron chi connectivity index (χ2n) is 2.04. The Bertz CT molecular complexity index is 198. The van der Waals surface area contributed by atoms with E-state index in [2.05, 4.69) is 0 Å². The van der Waals surface area contributed by atoms with Gasteiger partial charge in [0.15, 0.2) is 0 Å². The van der Waals surface area contributed by atoms with E-state index in [4.69, 9.17) is 9.84 Å². The fourth-order valence-electron chi connectivity index (χ4n) is 0.940. The molecule has 1 aliphatic rings. The first-order valence-corrected chi connectivity index (χ1v) is 3.70. The fourth-order valence-corrected chi connectivity index (χ4v) is 1.72. The highest BCUT2D eigenvalue weighted by molar-refractivity contribution is 7.08. The molecule has 1 aliphatic heterocycles. The number of hydrogen-bond acceptors (Lipinski definition) is 3. The van der Waals surface area contributed by atoms with Crippen LogP contribution in [-0.4, -0.2) is 11.4 Å². The van der Waals surface area contributed by atoms with Crippen molar-refractivity contribution < 1.29 is 9.84 Å². The molecule has 1 aromatic heterocycles. The van der Waals surface area contributed by atoms with Crippen molar-refractivity contribution in [3.63, 3.8) is 0 Å². The topological polar surface area (TPSA) is 29.5 Å². The Balaban J connectivity index is 2.39. The molecule has 1 aromatic rings. The smallest absolute Gasteiger partial charge is 0.201 e. The lowest BCUT2D eigenvalue weighted by Gasteiger charge is -1.98. The zero-order chi connectivity index (χ0) is 6.27. The number of fused-ring (bicyclic) bond motifs is 1. The van der Waals surface area contributed by atoms with E-state index in [9.17, 15) is 0 Å². The third-order valence-electron chi connectivity index (χ3n) is 1.36. The second-order valence-corrected chi connectivity index (χ2v) is 2.78. The molecule has 0 aliphatic carbocycles. The van der Waals surface area contributed by atoms with Gasteiger partial charge in [0.25, 0.3) is 0 Å². The monoisotopic (exact) mass is 142 g/mol. The molecular formula is C6H6O2S. The summed E-state index contributed by atoms with van der Waals surface area (Å²) in [6.45, 7) is 0. The van der Waals surface area contributed by atoms with Gasteiger partial charge in [-0.3, -0.25) is 0 Å². The summed E-state index contributed by atoms with van der Waals surface area (Å²) in [5.41, 5.74) is 1.13. The molecular weight excluding hydrogens is 136 g/mol. The summed E-state index contributed by atoms with van der Waals surface area (Å²) < 4.78 is 5.01. The number of rotatable bonds is 0. The minimum atomic E-state index is -0.594. The average molecular weight is 142 g/mol. The molecule has 0 amide bonds. The van der Waals surface area contributed by atoms with Crippen LogP contribution in [0.2, 0.25) is 0 Å². The number of aliphatic hydroxyl groups excluding tert-OH is 1. The number of ether oxygens (including phenoxy) is 1. The van der Waals surface area contributed by atoms with E-state index in [0.717, 1.165) is 11.3 Å². The van der Waals surface area contributed by atoms with Gasteiger partial charge in [0.05, 0.1) is 0 Å². The van der Waals surface area contributed by atoms with Crippen molar-refractivity contribution >= 4 is 11.3 Å². The number of hydrogen-bond donors (Lipinski definition) is 1. The van der Waals surface area contributed by atoms with Crippen LogP contribution in [0, 0.1) is 0 Å². The normalized spacial score (nSPS) is 23.4. The van der Waals surface area contributed by atoms with E-state index in [1.165, 1.54) is 0 Å². The summed E-state index contributed by atoms with van der Waals surface area (Å²) in [5.74, 6) is 0.854. The first-order valence-electron chi connectivity index (χ1n) is 2.76. The van der Waals surface area contributed by atoms with Gasteiger partial charge in [0, 0.05) is 17.4 Å². The molecule has 0 fully saturated rings. The van der Waals surface area contributed by atoms with Crippen molar-refractivity contribution in [3.05, 3.63) is 16.3 Å². The SMILES string of the molecule is OC1Cc2cscc2O1. The molecule has 48 valence electrons. The third kappa shape index (κ3) is 0.730. The zero-order valence-electron chi connectivity index (χ0n) is 4.70. The number of aliphatic hydroxyl groups is 1. The summed E-state index contributed by atoms with van der Waals surface area (Å²) in [7, 11) is 0. The fraction of sp³-hybridized carbons (Fsp3) is 0.333. The Morgan fingerprint density at radius 2 is 2.56 bits per heavy atom. The van der Waals surface area contributed by atoms with Crippen LogP contribution in [0.15, 0.2) is 10.8 Å². The summed E-state index contributed by atoms with van der Waals surface area (Å²) in [4.78, 5) is 0. The number of thiophene rings is 1. The van der Waals surface area contributed by atoms with Crippen LogP contribution in [0.5, 0.6) is 5.75 Å². The van der Waals surface area contributed by atoms with Gasteiger partial charge in [-0.2, -0.15) is 0 Å². The van der Waals surface area contributed by atoms with Gasteiger partial charge in [0.1, 0.15) is 5.75 Å². The lowest BCUT2D eigenvalue weighted by molar-refractivity contribution is 0.00223. The average Bonchev–Trinajstić information content (AvgIpc) is 2.22. The summed E-state index contributed by atoms with van der Waals surface area (Å²) in [6.07, 6.45) is 0.0575.